The lowest BCUT2D eigenvalue weighted by molar-refractivity contribution is -0.136. The predicted octanol–water partition coefficient (Wildman–Crippen LogP) is 2.76. The zero-order valence-electron chi connectivity index (χ0n) is 8.17. The van der Waals surface area contributed by atoms with E-state index < -0.39 is 5.97 Å². The van der Waals surface area contributed by atoms with Gasteiger partial charge in [-0.25, -0.2) is 0 Å². The van der Waals surface area contributed by atoms with E-state index in [0.29, 0.717) is 5.02 Å². The second-order valence-corrected chi connectivity index (χ2v) is 3.95. The van der Waals surface area contributed by atoms with Crippen LogP contribution in [0.2, 0.25) is 5.02 Å². The average Bonchev–Trinajstić information content (AvgIpc) is 2.47. The van der Waals surface area contributed by atoms with Gasteiger partial charge in [0.2, 0.25) is 0 Å². The van der Waals surface area contributed by atoms with Crippen LogP contribution < -0.4 is 0 Å². The normalized spacial score (nSPS) is 10.8. The molecule has 1 aromatic heterocycles. The van der Waals surface area contributed by atoms with Crippen molar-refractivity contribution in [3.05, 3.63) is 34.5 Å². The Kier molecular flexibility index (Phi) is 2.40. The maximum Gasteiger partial charge on any atom is 0.307 e. The number of hydrogen-bond acceptors (Lipinski definition) is 1. The zero-order chi connectivity index (χ0) is 11.0. The molecule has 0 radical (unpaired) electrons. The van der Waals surface area contributed by atoms with Gasteiger partial charge in [0, 0.05) is 17.1 Å². The van der Waals surface area contributed by atoms with Crippen molar-refractivity contribution in [3.63, 3.8) is 0 Å². The summed E-state index contributed by atoms with van der Waals surface area (Å²) in [6, 6.07) is 3.68. The first-order valence-corrected chi connectivity index (χ1v) is 4.93. The van der Waals surface area contributed by atoms with E-state index in [1.54, 1.807) is 6.20 Å². The third-order valence-corrected chi connectivity index (χ3v) is 2.66. The van der Waals surface area contributed by atoms with Gasteiger partial charge in [0.15, 0.2) is 0 Å². The number of aliphatic carboxylic acids is 1. The SMILES string of the molecule is Cc1cc(CC(=O)O)cc2c(Cl)c[nH]c12. The van der Waals surface area contributed by atoms with Crippen molar-refractivity contribution >= 4 is 28.5 Å². The molecule has 1 heterocycles. The monoisotopic (exact) mass is 223 g/mol. The quantitative estimate of drug-likeness (QED) is 0.823. The number of aromatic amines is 1. The summed E-state index contributed by atoms with van der Waals surface area (Å²) in [5, 5.41) is 10.2. The third kappa shape index (κ3) is 1.83. The number of carboxylic acids is 1. The minimum Gasteiger partial charge on any atom is -0.481 e. The van der Waals surface area contributed by atoms with E-state index in [-0.39, 0.29) is 6.42 Å². The molecule has 0 saturated heterocycles. The van der Waals surface area contributed by atoms with E-state index in [4.69, 9.17) is 16.7 Å². The first kappa shape index (κ1) is 10.1. The average molecular weight is 224 g/mol. The fourth-order valence-corrected chi connectivity index (χ4v) is 1.94. The zero-order valence-corrected chi connectivity index (χ0v) is 8.93. The van der Waals surface area contributed by atoms with Gasteiger partial charge in [0.25, 0.3) is 0 Å². The molecule has 2 aromatic rings. The summed E-state index contributed by atoms with van der Waals surface area (Å²) in [5.74, 6) is -0.833. The Morgan fingerprint density at radius 1 is 1.53 bits per heavy atom. The number of aryl methyl sites for hydroxylation is 1. The molecule has 0 unspecified atom stereocenters. The fraction of sp³-hybridized carbons (Fsp3) is 0.182. The van der Waals surface area contributed by atoms with Gasteiger partial charge in [-0.1, -0.05) is 17.7 Å². The van der Waals surface area contributed by atoms with Gasteiger partial charge in [-0.05, 0) is 24.1 Å². The number of hydrogen-bond donors (Lipinski definition) is 2. The molecular weight excluding hydrogens is 214 g/mol. The predicted molar refractivity (Wildman–Crippen MR) is 59.4 cm³/mol. The Bertz CT molecular complexity index is 531. The number of nitrogens with one attached hydrogen (secondary N) is 1. The van der Waals surface area contributed by atoms with Crippen LogP contribution in [-0.2, 0) is 11.2 Å². The highest BCUT2D eigenvalue weighted by Gasteiger charge is 2.08. The van der Waals surface area contributed by atoms with Crippen molar-refractivity contribution in [2.24, 2.45) is 0 Å². The van der Waals surface area contributed by atoms with Gasteiger partial charge >= 0.3 is 5.97 Å². The molecule has 0 fully saturated rings. The van der Waals surface area contributed by atoms with E-state index in [2.05, 4.69) is 4.98 Å². The fourth-order valence-electron chi connectivity index (χ4n) is 1.73. The van der Waals surface area contributed by atoms with Crippen molar-refractivity contribution in [2.75, 3.05) is 0 Å². The Hall–Kier alpha value is -1.48. The van der Waals surface area contributed by atoms with E-state index in [0.717, 1.165) is 22.0 Å². The second-order valence-electron chi connectivity index (χ2n) is 3.54. The van der Waals surface area contributed by atoms with Crippen LogP contribution in [0.15, 0.2) is 18.3 Å². The maximum absolute atomic E-state index is 10.6. The molecule has 0 aliphatic heterocycles. The highest BCUT2D eigenvalue weighted by molar-refractivity contribution is 6.35. The molecule has 78 valence electrons. The first-order chi connectivity index (χ1) is 7.08. The van der Waals surface area contributed by atoms with Crippen LogP contribution >= 0.6 is 11.6 Å². The summed E-state index contributed by atoms with van der Waals surface area (Å²) >= 11 is 5.97. The highest BCUT2D eigenvalue weighted by Crippen LogP contribution is 2.26. The second kappa shape index (κ2) is 3.59. The van der Waals surface area contributed by atoms with Gasteiger partial charge < -0.3 is 10.1 Å². The van der Waals surface area contributed by atoms with Crippen molar-refractivity contribution in [3.8, 4) is 0 Å². The lowest BCUT2D eigenvalue weighted by Gasteiger charge is -2.01. The van der Waals surface area contributed by atoms with Crippen LogP contribution in [0.3, 0.4) is 0 Å². The summed E-state index contributed by atoms with van der Waals surface area (Å²) in [7, 11) is 0. The standard InChI is InChI=1S/C11H10ClNO2/c1-6-2-7(4-10(14)15)3-8-9(12)5-13-11(6)8/h2-3,5,13H,4H2,1H3,(H,14,15). The Labute approximate surface area is 91.7 Å². The molecule has 15 heavy (non-hydrogen) atoms. The van der Waals surface area contributed by atoms with Gasteiger partial charge in [-0.2, -0.15) is 0 Å². The van der Waals surface area contributed by atoms with Crippen LogP contribution in [0.5, 0.6) is 0 Å². The third-order valence-electron chi connectivity index (χ3n) is 2.35. The molecular formula is C11H10ClNO2. The summed E-state index contributed by atoms with van der Waals surface area (Å²) < 4.78 is 0. The molecule has 3 nitrogen and oxygen atoms in total. The Balaban J connectivity index is 2.59. The Morgan fingerprint density at radius 2 is 2.27 bits per heavy atom. The van der Waals surface area contributed by atoms with Crippen molar-refractivity contribution in [1.82, 2.24) is 4.98 Å². The van der Waals surface area contributed by atoms with Crippen LogP contribution in [0.1, 0.15) is 11.1 Å². The summed E-state index contributed by atoms with van der Waals surface area (Å²) in [5.41, 5.74) is 2.75. The minimum absolute atomic E-state index is 0.0261. The number of aromatic nitrogens is 1. The van der Waals surface area contributed by atoms with Crippen LogP contribution in [0.25, 0.3) is 10.9 Å². The molecule has 0 aliphatic rings. The van der Waals surface area contributed by atoms with Crippen LogP contribution in [0, 0.1) is 6.92 Å². The molecule has 4 heteroatoms. The minimum atomic E-state index is -0.833. The number of carboxylic acid groups (broad SMARTS) is 1. The molecule has 0 atom stereocenters. The van der Waals surface area contributed by atoms with Crippen molar-refractivity contribution in [2.45, 2.75) is 13.3 Å². The van der Waals surface area contributed by atoms with Gasteiger partial charge in [0.05, 0.1) is 11.4 Å². The number of carbonyl (C=O) groups is 1. The lowest BCUT2D eigenvalue weighted by atomic mass is 10.1. The summed E-state index contributed by atoms with van der Waals surface area (Å²) in [4.78, 5) is 13.7. The van der Waals surface area contributed by atoms with Gasteiger partial charge in [-0.3, -0.25) is 4.79 Å². The molecule has 0 aliphatic carbocycles. The van der Waals surface area contributed by atoms with Crippen LogP contribution in [0.4, 0.5) is 0 Å². The number of fused-ring (bicyclic) bond motifs is 1. The highest BCUT2D eigenvalue weighted by atomic mass is 35.5. The van der Waals surface area contributed by atoms with Crippen molar-refractivity contribution in [1.29, 1.82) is 0 Å². The molecule has 2 N–H and O–H groups in total. The molecule has 0 amide bonds. The first-order valence-electron chi connectivity index (χ1n) is 4.56. The van der Waals surface area contributed by atoms with Gasteiger partial charge in [-0.15, -0.1) is 0 Å². The number of H-pyrrole nitrogens is 1. The maximum atomic E-state index is 10.6. The van der Waals surface area contributed by atoms with E-state index >= 15 is 0 Å². The van der Waals surface area contributed by atoms with Crippen LogP contribution in [-0.4, -0.2) is 16.1 Å². The topological polar surface area (TPSA) is 53.1 Å². The molecule has 1 aromatic carbocycles. The molecule has 2 rings (SSSR count). The molecule has 0 saturated carbocycles. The largest absolute Gasteiger partial charge is 0.481 e. The van der Waals surface area contributed by atoms with Crippen molar-refractivity contribution < 1.29 is 9.90 Å². The summed E-state index contributed by atoms with van der Waals surface area (Å²) in [6.07, 6.45) is 1.74. The lowest BCUT2D eigenvalue weighted by Crippen LogP contribution is -2.00. The Morgan fingerprint density at radius 3 is 2.93 bits per heavy atom. The number of benzene rings is 1. The smallest absolute Gasteiger partial charge is 0.307 e. The molecule has 0 spiro atoms. The van der Waals surface area contributed by atoms with Gasteiger partial charge in [0.1, 0.15) is 0 Å². The number of halogens is 1. The summed E-state index contributed by atoms with van der Waals surface area (Å²) in [6.45, 7) is 1.93. The van der Waals surface area contributed by atoms with E-state index in [1.807, 2.05) is 19.1 Å². The number of rotatable bonds is 2. The van der Waals surface area contributed by atoms with E-state index in [9.17, 15) is 4.79 Å². The van der Waals surface area contributed by atoms with E-state index in [1.165, 1.54) is 0 Å². The molecule has 0 bridgehead atoms.